The van der Waals surface area contributed by atoms with Crippen LogP contribution in [-0.2, 0) is 6.42 Å². The summed E-state index contributed by atoms with van der Waals surface area (Å²) in [6.45, 7) is 2.49. The number of aryl methyl sites for hydroxylation is 1. The molecule has 1 aromatic rings. The molecular weight excluding hydrogens is 288 g/mol. The number of amides is 2. The predicted molar refractivity (Wildman–Crippen MR) is 84.5 cm³/mol. The van der Waals surface area contributed by atoms with Crippen molar-refractivity contribution >= 4 is 17.6 Å². The van der Waals surface area contributed by atoms with E-state index >= 15 is 0 Å². The van der Waals surface area contributed by atoms with E-state index in [0.29, 0.717) is 12.5 Å². The van der Waals surface area contributed by atoms with Gasteiger partial charge < -0.3 is 15.7 Å². The largest absolute Gasteiger partial charge is 0.394 e. The molecule has 3 N–H and O–H groups in total. The van der Waals surface area contributed by atoms with Crippen LogP contribution in [0.15, 0.2) is 24.3 Å². The zero-order valence-corrected chi connectivity index (χ0v) is 13.1. The number of carbonyl (C=O) groups is 1. The van der Waals surface area contributed by atoms with E-state index in [1.54, 1.807) is 0 Å². The Morgan fingerprint density at radius 3 is 2.62 bits per heavy atom. The molecular formula is C16H23ClN2O2. The van der Waals surface area contributed by atoms with E-state index in [2.05, 4.69) is 10.6 Å². The minimum Gasteiger partial charge on any atom is -0.394 e. The zero-order chi connectivity index (χ0) is 15.3. The summed E-state index contributed by atoms with van der Waals surface area (Å²) in [5.74, 6) is 0.405. The summed E-state index contributed by atoms with van der Waals surface area (Å²) in [5, 5.41) is 15.9. The van der Waals surface area contributed by atoms with Gasteiger partial charge in [-0.3, -0.25) is 0 Å². The summed E-state index contributed by atoms with van der Waals surface area (Å²) in [4.78, 5) is 11.9. The van der Waals surface area contributed by atoms with Crippen molar-refractivity contribution in [1.82, 2.24) is 10.6 Å². The summed E-state index contributed by atoms with van der Waals surface area (Å²) in [6, 6.07) is 7.55. The highest BCUT2D eigenvalue weighted by Crippen LogP contribution is 2.39. The van der Waals surface area contributed by atoms with Crippen molar-refractivity contribution in [3.8, 4) is 0 Å². The van der Waals surface area contributed by atoms with E-state index in [1.165, 1.54) is 5.56 Å². The van der Waals surface area contributed by atoms with Crippen molar-refractivity contribution in [3.63, 3.8) is 0 Å². The van der Waals surface area contributed by atoms with Crippen LogP contribution in [0, 0.1) is 5.92 Å². The molecule has 0 aromatic heterocycles. The van der Waals surface area contributed by atoms with E-state index in [0.717, 1.165) is 30.7 Å². The normalized spacial score (nSPS) is 17.1. The molecule has 1 aromatic carbocycles. The highest BCUT2D eigenvalue weighted by Gasteiger charge is 2.42. The van der Waals surface area contributed by atoms with Gasteiger partial charge in [0.05, 0.1) is 12.1 Å². The standard InChI is InChI=1S/C16H23ClN2O2/c1-16(11-20,13-6-7-13)19-15(21)18-10-2-3-12-4-8-14(17)9-5-12/h4-5,8-9,13,20H,2-3,6-7,10-11H2,1H3,(H2,18,19,21). The van der Waals surface area contributed by atoms with E-state index in [1.807, 2.05) is 31.2 Å². The van der Waals surface area contributed by atoms with Crippen LogP contribution in [0.4, 0.5) is 4.79 Å². The molecule has 1 fully saturated rings. The Kier molecular flexibility index (Phi) is 5.48. The van der Waals surface area contributed by atoms with Crippen molar-refractivity contribution in [2.45, 2.75) is 38.1 Å². The van der Waals surface area contributed by atoms with Gasteiger partial charge in [-0.1, -0.05) is 23.7 Å². The van der Waals surface area contributed by atoms with Gasteiger partial charge in [0.15, 0.2) is 0 Å². The van der Waals surface area contributed by atoms with Crippen LogP contribution in [0.2, 0.25) is 5.02 Å². The van der Waals surface area contributed by atoms with E-state index in [4.69, 9.17) is 11.6 Å². The molecule has 0 saturated heterocycles. The minimum absolute atomic E-state index is 0.0180. The van der Waals surface area contributed by atoms with Crippen LogP contribution < -0.4 is 10.6 Å². The molecule has 0 bridgehead atoms. The summed E-state index contributed by atoms with van der Waals surface area (Å²) in [6.07, 6.45) is 3.92. The quantitative estimate of drug-likeness (QED) is 0.678. The molecule has 0 radical (unpaired) electrons. The number of hydrogen-bond donors (Lipinski definition) is 3. The Morgan fingerprint density at radius 2 is 2.05 bits per heavy atom. The van der Waals surface area contributed by atoms with Crippen LogP contribution in [0.1, 0.15) is 31.7 Å². The Morgan fingerprint density at radius 1 is 1.38 bits per heavy atom. The van der Waals surface area contributed by atoms with Gasteiger partial charge in [-0.25, -0.2) is 4.79 Å². The monoisotopic (exact) mass is 310 g/mol. The molecule has 0 heterocycles. The maximum absolute atomic E-state index is 11.9. The summed E-state index contributed by atoms with van der Waals surface area (Å²) in [5.41, 5.74) is 0.722. The molecule has 0 spiro atoms. The Hall–Kier alpha value is -1.26. The Balaban J connectivity index is 1.66. The van der Waals surface area contributed by atoms with Crippen molar-refractivity contribution in [2.24, 2.45) is 5.92 Å². The lowest BCUT2D eigenvalue weighted by Crippen LogP contribution is -2.54. The molecule has 116 valence electrons. The van der Waals surface area contributed by atoms with Gasteiger partial charge in [0.2, 0.25) is 0 Å². The van der Waals surface area contributed by atoms with E-state index in [9.17, 15) is 9.90 Å². The molecule has 4 nitrogen and oxygen atoms in total. The lowest BCUT2D eigenvalue weighted by atomic mass is 9.97. The molecule has 2 amide bonds. The van der Waals surface area contributed by atoms with Crippen molar-refractivity contribution in [1.29, 1.82) is 0 Å². The molecule has 1 saturated carbocycles. The van der Waals surface area contributed by atoms with Crippen LogP contribution in [0.3, 0.4) is 0 Å². The second kappa shape index (κ2) is 7.14. The second-order valence-corrected chi connectivity index (χ2v) is 6.40. The number of nitrogens with one attached hydrogen (secondary N) is 2. The zero-order valence-electron chi connectivity index (χ0n) is 12.4. The first-order chi connectivity index (χ1) is 10.0. The Labute approximate surface area is 130 Å². The molecule has 5 heteroatoms. The lowest BCUT2D eigenvalue weighted by molar-refractivity contribution is 0.155. The first kappa shape index (κ1) is 16.1. The van der Waals surface area contributed by atoms with Gasteiger partial charge in [0, 0.05) is 11.6 Å². The van der Waals surface area contributed by atoms with Crippen LogP contribution >= 0.6 is 11.6 Å². The SMILES string of the molecule is CC(CO)(NC(=O)NCCCc1ccc(Cl)cc1)C1CC1. The summed E-state index contributed by atoms with van der Waals surface area (Å²) < 4.78 is 0. The number of carbonyl (C=O) groups excluding carboxylic acids is 1. The fourth-order valence-electron chi connectivity index (χ4n) is 2.44. The van der Waals surface area contributed by atoms with Crippen molar-refractivity contribution in [2.75, 3.05) is 13.2 Å². The number of rotatable bonds is 7. The van der Waals surface area contributed by atoms with Gasteiger partial charge >= 0.3 is 6.03 Å². The third-order valence-corrected chi connectivity index (χ3v) is 4.30. The molecule has 1 aliphatic carbocycles. The summed E-state index contributed by atoms with van der Waals surface area (Å²) in [7, 11) is 0. The van der Waals surface area contributed by atoms with Gasteiger partial charge in [0.1, 0.15) is 0 Å². The first-order valence-corrected chi connectivity index (χ1v) is 7.82. The average Bonchev–Trinajstić information content (AvgIpc) is 3.30. The third kappa shape index (κ3) is 4.90. The Bertz CT molecular complexity index is 474. The topological polar surface area (TPSA) is 61.4 Å². The fraction of sp³-hybridized carbons (Fsp3) is 0.562. The number of aliphatic hydroxyl groups is 1. The smallest absolute Gasteiger partial charge is 0.315 e. The number of halogens is 1. The van der Waals surface area contributed by atoms with E-state index < -0.39 is 5.54 Å². The van der Waals surface area contributed by atoms with Crippen LogP contribution in [-0.4, -0.2) is 29.8 Å². The molecule has 21 heavy (non-hydrogen) atoms. The lowest BCUT2D eigenvalue weighted by Gasteiger charge is -2.28. The van der Waals surface area contributed by atoms with Gasteiger partial charge in [-0.05, 0) is 56.2 Å². The molecule has 2 rings (SSSR count). The van der Waals surface area contributed by atoms with Gasteiger partial charge in [-0.15, -0.1) is 0 Å². The van der Waals surface area contributed by atoms with Crippen molar-refractivity contribution in [3.05, 3.63) is 34.9 Å². The summed E-state index contributed by atoms with van der Waals surface area (Å²) >= 11 is 5.83. The average molecular weight is 311 g/mol. The third-order valence-electron chi connectivity index (χ3n) is 4.05. The first-order valence-electron chi connectivity index (χ1n) is 7.45. The van der Waals surface area contributed by atoms with Crippen LogP contribution in [0.25, 0.3) is 0 Å². The minimum atomic E-state index is -0.486. The second-order valence-electron chi connectivity index (χ2n) is 5.96. The number of benzene rings is 1. The highest BCUT2D eigenvalue weighted by molar-refractivity contribution is 6.30. The highest BCUT2D eigenvalue weighted by atomic mass is 35.5. The fourth-order valence-corrected chi connectivity index (χ4v) is 2.57. The number of hydrogen-bond acceptors (Lipinski definition) is 2. The number of urea groups is 1. The molecule has 0 aliphatic heterocycles. The predicted octanol–water partition coefficient (Wildman–Crippen LogP) is 2.73. The van der Waals surface area contributed by atoms with E-state index in [-0.39, 0.29) is 12.6 Å². The maximum Gasteiger partial charge on any atom is 0.315 e. The van der Waals surface area contributed by atoms with Crippen LogP contribution in [0.5, 0.6) is 0 Å². The molecule has 1 atom stereocenters. The number of aliphatic hydroxyl groups excluding tert-OH is 1. The van der Waals surface area contributed by atoms with Gasteiger partial charge in [-0.2, -0.15) is 0 Å². The molecule has 1 unspecified atom stereocenters. The molecule has 1 aliphatic rings. The van der Waals surface area contributed by atoms with Crippen molar-refractivity contribution < 1.29 is 9.90 Å². The maximum atomic E-state index is 11.9. The van der Waals surface area contributed by atoms with Gasteiger partial charge in [0.25, 0.3) is 0 Å².